The van der Waals surface area contributed by atoms with Crippen LogP contribution in [0.25, 0.3) is 0 Å². The van der Waals surface area contributed by atoms with E-state index in [0.717, 1.165) is 25.8 Å². The summed E-state index contributed by atoms with van der Waals surface area (Å²) >= 11 is 0. The zero-order valence-electron chi connectivity index (χ0n) is 10.8. The van der Waals surface area contributed by atoms with E-state index in [2.05, 4.69) is 22.6 Å². The van der Waals surface area contributed by atoms with Gasteiger partial charge >= 0.3 is 0 Å². The number of carbonyl (C=O) groups excluding carboxylic acids is 1. The van der Waals surface area contributed by atoms with Gasteiger partial charge in [0.1, 0.15) is 0 Å². The van der Waals surface area contributed by atoms with Gasteiger partial charge in [-0.15, -0.1) is 5.10 Å². The molecule has 1 heterocycles. The van der Waals surface area contributed by atoms with Crippen LogP contribution in [-0.2, 0) is 11.3 Å². The molecule has 1 fully saturated rings. The Balaban J connectivity index is 1.68. The summed E-state index contributed by atoms with van der Waals surface area (Å²) in [6.07, 6.45) is 6.15. The average molecular weight is 251 g/mol. The zero-order valence-corrected chi connectivity index (χ0v) is 10.8. The molecule has 100 valence electrons. The molecule has 0 atom stereocenters. The van der Waals surface area contributed by atoms with Crippen molar-refractivity contribution in [2.75, 3.05) is 13.1 Å². The molecule has 1 aliphatic carbocycles. The molecule has 0 aromatic carbocycles. The highest BCUT2D eigenvalue weighted by atomic mass is 16.2. The number of nitrogens with one attached hydrogen (secondary N) is 1. The van der Waals surface area contributed by atoms with E-state index < -0.39 is 0 Å². The topological polar surface area (TPSA) is 85.8 Å². The van der Waals surface area contributed by atoms with Crippen LogP contribution < -0.4 is 11.1 Å². The van der Waals surface area contributed by atoms with E-state index in [4.69, 9.17) is 5.73 Å². The Labute approximate surface area is 107 Å². The monoisotopic (exact) mass is 251 g/mol. The van der Waals surface area contributed by atoms with Gasteiger partial charge in [0.05, 0.1) is 11.6 Å². The summed E-state index contributed by atoms with van der Waals surface area (Å²) < 4.78 is 1.76. The molecule has 0 radical (unpaired) electrons. The van der Waals surface area contributed by atoms with Gasteiger partial charge in [0.2, 0.25) is 5.91 Å². The molecular formula is C12H21N5O. The predicted molar refractivity (Wildman–Crippen MR) is 67.5 cm³/mol. The summed E-state index contributed by atoms with van der Waals surface area (Å²) in [6.45, 7) is 4.04. The number of nitrogens with zero attached hydrogens (tertiary/aromatic N) is 3. The molecule has 18 heavy (non-hydrogen) atoms. The Hall–Kier alpha value is -1.43. The highest BCUT2D eigenvalue weighted by Gasteiger charge is 2.46. The largest absolute Gasteiger partial charge is 0.356 e. The van der Waals surface area contributed by atoms with Gasteiger partial charge in [0.15, 0.2) is 0 Å². The van der Waals surface area contributed by atoms with Gasteiger partial charge in [0.25, 0.3) is 0 Å². The SMILES string of the molecule is CC1CC(CN)(C(=O)NCCCn2ccnn2)C1. The summed E-state index contributed by atoms with van der Waals surface area (Å²) in [4.78, 5) is 12.1. The van der Waals surface area contributed by atoms with Gasteiger partial charge in [-0.25, -0.2) is 0 Å². The smallest absolute Gasteiger partial charge is 0.227 e. The molecule has 1 aromatic rings. The maximum Gasteiger partial charge on any atom is 0.227 e. The maximum absolute atomic E-state index is 12.1. The summed E-state index contributed by atoms with van der Waals surface area (Å²) in [5.74, 6) is 0.733. The van der Waals surface area contributed by atoms with Crippen molar-refractivity contribution in [3.63, 3.8) is 0 Å². The molecule has 6 heteroatoms. The summed E-state index contributed by atoms with van der Waals surface area (Å²) in [6, 6.07) is 0. The fraction of sp³-hybridized carbons (Fsp3) is 0.750. The molecule has 1 amide bonds. The molecule has 2 rings (SSSR count). The lowest BCUT2D eigenvalue weighted by Gasteiger charge is -2.44. The van der Waals surface area contributed by atoms with Gasteiger partial charge in [-0.2, -0.15) is 0 Å². The second-order valence-electron chi connectivity index (χ2n) is 5.27. The molecule has 0 unspecified atom stereocenters. The Kier molecular flexibility index (Phi) is 3.96. The normalized spacial score (nSPS) is 26.7. The van der Waals surface area contributed by atoms with Crippen LogP contribution in [0.4, 0.5) is 0 Å². The van der Waals surface area contributed by atoms with Crippen LogP contribution in [0.1, 0.15) is 26.2 Å². The Morgan fingerprint density at radius 2 is 2.39 bits per heavy atom. The van der Waals surface area contributed by atoms with E-state index in [1.165, 1.54) is 0 Å². The molecule has 0 saturated heterocycles. The van der Waals surface area contributed by atoms with E-state index in [-0.39, 0.29) is 11.3 Å². The van der Waals surface area contributed by atoms with Gasteiger partial charge in [-0.05, 0) is 25.2 Å². The third kappa shape index (κ3) is 2.69. The number of aromatic nitrogens is 3. The van der Waals surface area contributed by atoms with Crippen LogP contribution in [0, 0.1) is 11.3 Å². The van der Waals surface area contributed by atoms with Gasteiger partial charge in [-0.1, -0.05) is 12.1 Å². The predicted octanol–water partition coefficient (Wildman–Crippen LogP) is 0.159. The number of hydrogen-bond acceptors (Lipinski definition) is 4. The molecule has 0 aliphatic heterocycles. The van der Waals surface area contributed by atoms with Crippen molar-refractivity contribution in [2.45, 2.75) is 32.7 Å². The third-order valence-corrected chi connectivity index (χ3v) is 3.67. The molecular weight excluding hydrogens is 230 g/mol. The van der Waals surface area contributed by atoms with Crippen LogP contribution in [0.5, 0.6) is 0 Å². The van der Waals surface area contributed by atoms with Crippen molar-refractivity contribution in [2.24, 2.45) is 17.1 Å². The first-order valence-electron chi connectivity index (χ1n) is 6.49. The van der Waals surface area contributed by atoms with Gasteiger partial charge in [-0.3, -0.25) is 9.48 Å². The van der Waals surface area contributed by atoms with Gasteiger partial charge < -0.3 is 11.1 Å². The number of nitrogens with two attached hydrogens (primary N) is 1. The van der Waals surface area contributed by atoms with Crippen LogP contribution in [0.15, 0.2) is 12.4 Å². The Bertz CT molecular complexity index is 383. The van der Waals surface area contributed by atoms with E-state index in [0.29, 0.717) is 19.0 Å². The fourth-order valence-electron chi connectivity index (χ4n) is 2.70. The minimum absolute atomic E-state index is 0.113. The highest BCUT2D eigenvalue weighted by Crippen LogP contribution is 2.44. The molecule has 1 saturated carbocycles. The van der Waals surface area contributed by atoms with Crippen molar-refractivity contribution in [3.05, 3.63) is 12.4 Å². The summed E-state index contributed by atoms with van der Waals surface area (Å²) in [7, 11) is 0. The zero-order chi connectivity index (χ0) is 13.0. The lowest BCUT2D eigenvalue weighted by atomic mass is 9.62. The summed E-state index contributed by atoms with van der Waals surface area (Å²) in [5, 5.41) is 10.6. The molecule has 1 aromatic heterocycles. The number of aryl methyl sites for hydroxylation is 1. The lowest BCUT2D eigenvalue weighted by molar-refractivity contribution is -0.138. The van der Waals surface area contributed by atoms with Crippen LogP contribution in [0.3, 0.4) is 0 Å². The van der Waals surface area contributed by atoms with Crippen molar-refractivity contribution < 1.29 is 4.79 Å². The summed E-state index contributed by atoms with van der Waals surface area (Å²) in [5.41, 5.74) is 5.43. The molecule has 0 bridgehead atoms. The second-order valence-corrected chi connectivity index (χ2v) is 5.27. The number of carbonyl (C=O) groups is 1. The fourth-order valence-corrected chi connectivity index (χ4v) is 2.70. The second kappa shape index (κ2) is 5.48. The van der Waals surface area contributed by atoms with E-state index in [9.17, 15) is 4.79 Å². The van der Waals surface area contributed by atoms with E-state index in [1.807, 2.05) is 6.20 Å². The minimum atomic E-state index is -0.299. The average Bonchev–Trinajstić information content (AvgIpc) is 2.83. The Morgan fingerprint density at radius 3 is 2.94 bits per heavy atom. The molecule has 6 nitrogen and oxygen atoms in total. The number of hydrogen-bond donors (Lipinski definition) is 2. The van der Waals surface area contributed by atoms with Crippen LogP contribution >= 0.6 is 0 Å². The minimum Gasteiger partial charge on any atom is -0.356 e. The molecule has 0 spiro atoms. The first-order chi connectivity index (χ1) is 8.66. The quantitative estimate of drug-likeness (QED) is 0.705. The molecule has 3 N–H and O–H groups in total. The van der Waals surface area contributed by atoms with Crippen molar-refractivity contribution in [1.29, 1.82) is 0 Å². The maximum atomic E-state index is 12.1. The van der Waals surface area contributed by atoms with Crippen molar-refractivity contribution in [3.8, 4) is 0 Å². The molecule has 1 aliphatic rings. The third-order valence-electron chi connectivity index (χ3n) is 3.67. The highest BCUT2D eigenvalue weighted by molar-refractivity contribution is 5.83. The van der Waals surface area contributed by atoms with E-state index in [1.54, 1.807) is 10.9 Å². The van der Waals surface area contributed by atoms with Crippen LogP contribution in [0.2, 0.25) is 0 Å². The van der Waals surface area contributed by atoms with E-state index >= 15 is 0 Å². The van der Waals surface area contributed by atoms with Crippen molar-refractivity contribution >= 4 is 5.91 Å². The number of rotatable bonds is 6. The van der Waals surface area contributed by atoms with Gasteiger partial charge in [0, 0.05) is 25.8 Å². The first-order valence-corrected chi connectivity index (χ1v) is 6.49. The van der Waals surface area contributed by atoms with Crippen LogP contribution in [-0.4, -0.2) is 34.0 Å². The first kappa shape index (κ1) is 13.0. The van der Waals surface area contributed by atoms with Crippen molar-refractivity contribution in [1.82, 2.24) is 20.3 Å². The standard InChI is InChI=1S/C12H21N5O/c1-10-7-12(8-10,9-13)11(18)14-3-2-5-17-6-4-15-16-17/h4,6,10H,2-3,5,7-9,13H2,1H3,(H,14,18). The number of amides is 1. The lowest BCUT2D eigenvalue weighted by Crippen LogP contribution is -2.53. The Morgan fingerprint density at radius 1 is 1.61 bits per heavy atom.